The third kappa shape index (κ3) is 2.28. The van der Waals surface area contributed by atoms with E-state index in [0.29, 0.717) is 6.61 Å². The highest BCUT2D eigenvalue weighted by atomic mass is 16.5. The molecule has 2 saturated heterocycles. The van der Waals surface area contributed by atoms with Gasteiger partial charge in [-0.15, -0.1) is 0 Å². The van der Waals surface area contributed by atoms with Gasteiger partial charge in [0.1, 0.15) is 0 Å². The molecule has 4 nitrogen and oxygen atoms in total. The minimum absolute atomic E-state index is 0.193. The first-order chi connectivity index (χ1) is 7.72. The fourth-order valence-electron chi connectivity index (χ4n) is 2.05. The van der Waals surface area contributed by atoms with Gasteiger partial charge in [0.2, 0.25) is 5.91 Å². The molecule has 0 aromatic carbocycles. The van der Waals surface area contributed by atoms with Gasteiger partial charge >= 0.3 is 0 Å². The van der Waals surface area contributed by atoms with E-state index in [1.54, 1.807) is 0 Å². The van der Waals surface area contributed by atoms with E-state index >= 15 is 0 Å². The lowest BCUT2D eigenvalue weighted by Gasteiger charge is -2.34. The molecule has 0 aliphatic carbocycles. The first-order valence-corrected chi connectivity index (χ1v) is 6.02. The first-order valence-electron chi connectivity index (χ1n) is 6.02. The second-order valence-electron chi connectivity index (χ2n) is 4.48. The molecule has 4 heteroatoms. The second-order valence-corrected chi connectivity index (χ2v) is 4.48. The van der Waals surface area contributed by atoms with E-state index in [1.807, 2.05) is 11.8 Å². The van der Waals surface area contributed by atoms with Crippen molar-refractivity contribution >= 4 is 5.91 Å². The van der Waals surface area contributed by atoms with Crippen LogP contribution in [-0.2, 0) is 9.53 Å². The molecule has 2 fully saturated rings. The zero-order chi connectivity index (χ0) is 11.5. The predicted octanol–water partition coefficient (Wildman–Crippen LogP) is 0.544. The minimum Gasteiger partial charge on any atom is -0.375 e. The molecule has 2 aliphatic rings. The summed E-state index contributed by atoms with van der Waals surface area (Å²) in [6.45, 7) is 7.93. The quantitative estimate of drug-likeness (QED) is 0.696. The number of amides is 1. The Bertz CT molecular complexity index is 306. The topological polar surface area (TPSA) is 41.6 Å². The van der Waals surface area contributed by atoms with E-state index in [0.717, 1.165) is 38.2 Å². The Labute approximate surface area is 96.6 Å². The number of rotatable bonds is 2. The van der Waals surface area contributed by atoms with Gasteiger partial charge in [-0.3, -0.25) is 4.79 Å². The molecule has 0 radical (unpaired) electrons. The fraction of sp³-hybridized carbons (Fsp3) is 0.750. The van der Waals surface area contributed by atoms with Crippen LogP contribution in [0.3, 0.4) is 0 Å². The monoisotopic (exact) mass is 224 g/mol. The fourth-order valence-corrected chi connectivity index (χ4v) is 2.05. The zero-order valence-corrected chi connectivity index (χ0v) is 10.1. The molecule has 2 aliphatic heterocycles. The summed E-state index contributed by atoms with van der Waals surface area (Å²) in [5.41, 5.74) is 2.18. The molecule has 0 aromatic rings. The maximum Gasteiger partial charge on any atom is 0.249 e. The van der Waals surface area contributed by atoms with E-state index in [-0.39, 0.29) is 12.0 Å². The summed E-state index contributed by atoms with van der Waals surface area (Å²) in [6.07, 6.45) is 1.19. The number of morpholine rings is 1. The number of carbonyl (C=O) groups is 1. The first kappa shape index (κ1) is 11.6. The second kappa shape index (κ2) is 4.97. The Morgan fingerprint density at radius 3 is 2.88 bits per heavy atom. The van der Waals surface area contributed by atoms with E-state index in [1.165, 1.54) is 5.57 Å². The summed E-state index contributed by atoms with van der Waals surface area (Å²) in [7, 11) is 0. The normalized spacial score (nSPS) is 25.2. The van der Waals surface area contributed by atoms with Crippen molar-refractivity contribution in [3.8, 4) is 0 Å². The number of hydrogen-bond donors (Lipinski definition) is 1. The minimum atomic E-state index is 0.193. The van der Waals surface area contributed by atoms with Gasteiger partial charge in [0.05, 0.1) is 12.7 Å². The van der Waals surface area contributed by atoms with Crippen molar-refractivity contribution in [3.05, 3.63) is 11.1 Å². The van der Waals surface area contributed by atoms with Crippen molar-refractivity contribution in [1.82, 2.24) is 10.2 Å². The molecular formula is C12H20N2O2. The average Bonchev–Trinajstić information content (AvgIpc) is 2.25. The Kier molecular flexibility index (Phi) is 3.61. The van der Waals surface area contributed by atoms with Crippen LogP contribution in [0.5, 0.6) is 0 Å². The molecule has 0 spiro atoms. The molecule has 16 heavy (non-hydrogen) atoms. The number of nitrogens with zero attached hydrogens (tertiary/aromatic N) is 1. The van der Waals surface area contributed by atoms with Gasteiger partial charge in [-0.25, -0.2) is 0 Å². The largest absolute Gasteiger partial charge is 0.375 e. The lowest BCUT2D eigenvalue weighted by molar-refractivity contribution is -0.134. The standard InChI is InChI=1S/C12H20N2O2/c1-3-11-8-14(4-5-16-11)12(15)9(2)10-6-13-7-10/h11,13H,3-8H2,1-2H3. The number of hydrogen-bond acceptors (Lipinski definition) is 3. The molecule has 1 N–H and O–H groups in total. The molecule has 0 bridgehead atoms. The van der Waals surface area contributed by atoms with Crippen molar-refractivity contribution in [1.29, 1.82) is 0 Å². The number of ether oxygens (including phenoxy) is 1. The SMILES string of the molecule is CCC1CN(C(=O)C(C)=C2CNC2)CCO1. The Hall–Kier alpha value is -0.870. The van der Waals surface area contributed by atoms with Crippen LogP contribution in [0, 0.1) is 0 Å². The van der Waals surface area contributed by atoms with Crippen molar-refractivity contribution in [2.45, 2.75) is 26.4 Å². The Morgan fingerprint density at radius 1 is 1.56 bits per heavy atom. The van der Waals surface area contributed by atoms with Crippen LogP contribution < -0.4 is 5.32 Å². The lowest BCUT2D eigenvalue weighted by Crippen LogP contribution is -2.47. The van der Waals surface area contributed by atoms with Crippen LogP contribution >= 0.6 is 0 Å². The Balaban J connectivity index is 1.98. The maximum absolute atomic E-state index is 12.2. The van der Waals surface area contributed by atoms with Crippen molar-refractivity contribution < 1.29 is 9.53 Å². The summed E-state index contributed by atoms with van der Waals surface area (Å²) in [5.74, 6) is 0.193. The molecule has 0 saturated carbocycles. The molecule has 90 valence electrons. The van der Waals surface area contributed by atoms with Crippen LogP contribution in [-0.4, -0.2) is 49.7 Å². The van der Waals surface area contributed by atoms with Gasteiger partial charge in [-0.1, -0.05) is 6.92 Å². The molecule has 2 rings (SSSR count). The number of carbonyl (C=O) groups excluding carboxylic acids is 1. The van der Waals surface area contributed by atoms with Gasteiger partial charge in [0.25, 0.3) is 0 Å². The summed E-state index contributed by atoms with van der Waals surface area (Å²) in [5, 5.41) is 3.17. The van der Waals surface area contributed by atoms with Gasteiger partial charge in [-0.05, 0) is 18.9 Å². The molecule has 1 atom stereocenters. The van der Waals surface area contributed by atoms with Gasteiger partial charge in [0, 0.05) is 31.8 Å². The van der Waals surface area contributed by atoms with E-state index < -0.39 is 0 Å². The molecular weight excluding hydrogens is 204 g/mol. The molecule has 1 amide bonds. The summed E-state index contributed by atoms with van der Waals surface area (Å²) < 4.78 is 5.57. The summed E-state index contributed by atoms with van der Waals surface area (Å²) in [6, 6.07) is 0. The Morgan fingerprint density at radius 2 is 2.31 bits per heavy atom. The van der Waals surface area contributed by atoms with Crippen molar-refractivity contribution in [2.24, 2.45) is 0 Å². The van der Waals surface area contributed by atoms with Crippen molar-refractivity contribution in [2.75, 3.05) is 32.8 Å². The maximum atomic E-state index is 12.2. The smallest absolute Gasteiger partial charge is 0.249 e. The van der Waals surface area contributed by atoms with Crippen LogP contribution in [0.2, 0.25) is 0 Å². The van der Waals surface area contributed by atoms with E-state index in [4.69, 9.17) is 4.74 Å². The van der Waals surface area contributed by atoms with Crippen LogP contribution in [0.25, 0.3) is 0 Å². The highest BCUT2D eigenvalue weighted by molar-refractivity contribution is 5.94. The molecule has 1 unspecified atom stereocenters. The highest BCUT2D eigenvalue weighted by Crippen LogP contribution is 2.15. The third-order valence-corrected chi connectivity index (χ3v) is 3.41. The summed E-state index contributed by atoms with van der Waals surface area (Å²) >= 11 is 0. The van der Waals surface area contributed by atoms with Gasteiger partial charge in [-0.2, -0.15) is 0 Å². The van der Waals surface area contributed by atoms with Crippen molar-refractivity contribution in [3.63, 3.8) is 0 Å². The summed E-state index contributed by atoms with van der Waals surface area (Å²) in [4.78, 5) is 14.1. The van der Waals surface area contributed by atoms with E-state index in [2.05, 4.69) is 12.2 Å². The zero-order valence-electron chi connectivity index (χ0n) is 10.1. The van der Waals surface area contributed by atoms with Crippen LogP contribution in [0.15, 0.2) is 11.1 Å². The van der Waals surface area contributed by atoms with Gasteiger partial charge < -0.3 is 15.0 Å². The molecule has 0 aromatic heterocycles. The van der Waals surface area contributed by atoms with Crippen LogP contribution in [0.4, 0.5) is 0 Å². The number of nitrogens with one attached hydrogen (secondary N) is 1. The predicted molar refractivity (Wildman–Crippen MR) is 62.2 cm³/mol. The van der Waals surface area contributed by atoms with Gasteiger partial charge in [0.15, 0.2) is 0 Å². The highest BCUT2D eigenvalue weighted by Gasteiger charge is 2.26. The third-order valence-electron chi connectivity index (χ3n) is 3.41. The van der Waals surface area contributed by atoms with E-state index in [9.17, 15) is 4.79 Å². The lowest BCUT2D eigenvalue weighted by atomic mass is 10.0. The average molecular weight is 224 g/mol. The van der Waals surface area contributed by atoms with Crippen LogP contribution in [0.1, 0.15) is 20.3 Å². The molecule has 2 heterocycles.